The number of rotatable bonds is 4. The molecule has 2 aromatic rings. The maximum absolute atomic E-state index is 12.9. The van der Waals surface area contributed by atoms with Crippen LogP contribution < -0.4 is 5.32 Å². The van der Waals surface area contributed by atoms with Crippen molar-refractivity contribution in [2.45, 2.75) is 50.5 Å². The molecule has 0 radical (unpaired) electrons. The maximum Gasteiger partial charge on any atom is 0.406 e. The number of halogens is 4. The molecule has 3 rings (SSSR count). The molecule has 1 aromatic heterocycles. The predicted octanol–water partition coefficient (Wildman–Crippen LogP) is 5.09. The van der Waals surface area contributed by atoms with Crippen LogP contribution in [0.25, 0.3) is 10.9 Å². The minimum Gasteiger partial charge on any atom is -0.382 e. The van der Waals surface area contributed by atoms with Crippen LogP contribution in [0.5, 0.6) is 0 Å². The Morgan fingerprint density at radius 3 is 2.48 bits per heavy atom. The summed E-state index contributed by atoms with van der Waals surface area (Å²) < 4.78 is 40.5. The first kappa shape index (κ1) is 18.8. The summed E-state index contributed by atoms with van der Waals surface area (Å²) in [6.45, 7) is -0.952. The van der Waals surface area contributed by atoms with Crippen LogP contribution in [0.4, 0.5) is 18.9 Å². The van der Waals surface area contributed by atoms with Gasteiger partial charge in [-0.2, -0.15) is 13.2 Å². The monoisotopic (exact) mass is 465 g/mol. The lowest BCUT2D eigenvalue weighted by molar-refractivity contribution is -0.140. The van der Waals surface area contributed by atoms with Crippen molar-refractivity contribution in [1.82, 2.24) is 9.47 Å². The molecule has 138 valence electrons. The third-order valence-electron chi connectivity index (χ3n) is 5.02. The summed E-state index contributed by atoms with van der Waals surface area (Å²) in [6, 6.07) is 8.41. The van der Waals surface area contributed by atoms with E-state index in [1.807, 2.05) is 40.8 Å². The highest BCUT2D eigenvalue weighted by atomic mass is 127. The van der Waals surface area contributed by atoms with E-state index in [1.165, 1.54) is 4.57 Å². The van der Waals surface area contributed by atoms with Gasteiger partial charge in [-0.1, -0.05) is 6.07 Å². The number of anilines is 1. The molecule has 1 aliphatic carbocycles. The number of fused-ring (bicyclic) bond motifs is 1. The van der Waals surface area contributed by atoms with Gasteiger partial charge in [0.25, 0.3) is 0 Å². The normalized spacial score (nSPS) is 21.9. The highest BCUT2D eigenvalue weighted by Crippen LogP contribution is 2.32. The van der Waals surface area contributed by atoms with Crippen LogP contribution in [-0.2, 0) is 6.54 Å². The zero-order valence-corrected chi connectivity index (χ0v) is 16.6. The number of nitrogens with zero attached hydrogens (tertiary/aromatic N) is 2. The SMILES string of the molecule is CN(C)C1CCC(Nc2cccc3c2cc(I)n3CC(F)(F)F)CC1. The van der Waals surface area contributed by atoms with Crippen LogP contribution in [0.2, 0.25) is 0 Å². The van der Waals surface area contributed by atoms with Gasteiger partial charge in [-0.25, -0.2) is 0 Å². The lowest BCUT2D eigenvalue weighted by Crippen LogP contribution is -2.36. The maximum atomic E-state index is 12.9. The van der Waals surface area contributed by atoms with E-state index in [0.29, 0.717) is 21.3 Å². The topological polar surface area (TPSA) is 20.2 Å². The van der Waals surface area contributed by atoms with Gasteiger partial charge in [0, 0.05) is 23.2 Å². The van der Waals surface area contributed by atoms with E-state index in [4.69, 9.17) is 0 Å². The van der Waals surface area contributed by atoms with Crippen LogP contribution in [0, 0.1) is 3.70 Å². The molecule has 1 aromatic carbocycles. The molecule has 1 heterocycles. The van der Waals surface area contributed by atoms with Crippen LogP contribution in [0.3, 0.4) is 0 Å². The van der Waals surface area contributed by atoms with E-state index >= 15 is 0 Å². The summed E-state index contributed by atoms with van der Waals surface area (Å²) in [5.41, 5.74) is 1.57. The van der Waals surface area contributed by atoms with Crippen molar-refractivity contribution in [3.8, 4) is 0 Å². The largest absolute Gasteiger partial charge is 0.406 e. The summed E-state index contributed by atoms with van der Waals surface area (Å²) in [7, 11) is 4.23. The predicted molar refractivity (Wildman–Crippen MR) is 104 cm³/mol. The van der Waals surface area contributed by atoms with E-state index in [9.17, 15) is 13.2 Å². The second-order valence-electron chi connectivity index (χ2n) is 7.02. The molecule has 1 N–H and O–H groups in total. The molecule has 0 unspecified atom stereocenters. The fraction of sp³-hybridized carbons (Fsp3) is 0.556. The fourth-order valence-electron chi connectivity index (χ4n) is 3.67. The van der Waals surface area contributed by atoms with Crippen LogP contribution >= 0.6 is 22.6 Å². The summed E-state index contributed by atoms with van der Waals surface area (Å²) in [6.07, 6.45) is 0.236. The smallest absolute Gasteiger partial charge is 0.382 e. The second kappa shape index (κ2) is 7.34. The van der Waals surface area contributed by atoms with Crippen molar-refractivity contribution in [2.75, 3.05) is 19.4 Å². The van der Waals surface area contributed by atoms with Gasteiger partial charge >= 0.3 is 6.18 Å². The van der Waals surface area contributed by atoms with Crippen molar-refractivity contribution in [3.63, 3.8) is 0 Å². The number of nitrogens with one attached hydrogen (secondary N) is 1. The zero-order valence-electron chi connectivity index (χ0n) is 14.4. The third kappa shape index (κ3) is 4.42. The summed E-state index contributed by atoms with van der Waals surface area (Å²) in [5.74, 6) is 0. The average Bonchev–Trinajstić information content (AvgIpc) is 2.84. The quantitative estimate of drug-likeness (QED) is 0.635. The molecule has 0 bridgehead atoms. The van der Waals surface area contributed by atoms with Gasteiger partial charge < -0.3 is 14.8 Å². The first-order valence-corrected chi connectivity index (χ1v) is 9.60. The molecular weight excluding hydrogens is 442 g/mol. The van der Waals surface area contributed by atoms with Crippen molar-refractivity contribution >= 4 is 39.2 Å². The number of aromatic nitrogens is 1. The highest BCUT2D eigenvalue weighted by Gasteiger charge is 2.30. The molecule has 1 saturated carbocycles. The Morgan fingerprint density at radius 2 is 1.88 bits per heavy atom. The van der Waals surface area contributed by atoms with Crippen molar-refractivity contribution in [3.05, 3.63) is 28.0 Å². The van der Waals surface area contributed by atoms with Gasteiger partial charge in [-0.15, -0.1) is 0 Å². The molecule has 0 atom stereocenters. The summed E-state index contributed by atoms with van der Waals surface area (Å²) in [5, 5.41) is 4.44. The van der Waals surface area contributed by atoms with E-state index in [2.05, 4.69) is 24.3 Å². The van der Waals surface area contributed by atoms with Gasteiger partial charge in [0.05, 0.1) is 9.22 Å². The van der Waals surface area contributed by atoms with Gasteiger partial charge in [0.15, 0.2) is 0 Å². The highest BCUT2D eigenvalue weighted by molar-refractivity contribution is 14.1. The average molecular weight is 465 g/mol. The first-order chi connectivity index (χ1) is 11.7. The van der Waals surface area contributed by atoms with Crippen LogP contribution in [0.15, 0.2) is 24.3 Å². The Balaban J connectivity index is 1.80. The molecule has 7 heteroatoms. The lowest BCUT2D eigenvalue weighted by Gasteiger charge is -2.33. The Labute approximate surface area is 159 Å². The van der Waals surface area contributed by atoms with Crippen molar-refractivity contribution in [1.29, 1.82) is 0 Å². The van der Waals surface area contributed by atoms with E-state index in [0.717, 1.165) is 36.8 Å². The standard InChI is InChI=1S/C18H23F3IN3/c1-24(2)13-8-6-12(7-9-13)23-15-4-3-5-16-14(15)10-17(22)25(16)11-18(19,20)21/h3-5,10,12-13,23H,6-9,11H2,1-2H3. The third-order valence-corrected chi connectivity index (χ3v) is 5.91. The van der Waals surface area contributed by atoms with Crippen molar-refractivity contribution < 1.29 is 13.2 Å². The number of hydrogen-bond donors (Lipinski definition) is 1. The van der Waals surface area contributed by atoms with Crippen LogP contribution in [0.1, 0.15) is 25.7 Å². The molecule has 0 aliphatic heterocycles. The first-order valence-electron chi connectivity index (χ1n) is 8.52. The van der Waals surface area contributed by atoms with Crippen molar-refractivity contribution in [2.24, 2.45) is 0 Å². The fourth-order valence-corrected chi connectivity index (χ4v) is 4.42. The minimum absolute atomic E-state index is 0.380. The number of benzene rings is 1. The Kier molecular flexibility index (Phi) is 5.53. The van der Waals surface area contributed by atoms with E-state index < -0.39 is 12.7 Å². The Hall–Kier alpha value is -0.960. The molecule has 0 saturated heterocycles. The molecule has 25 heavy (non-hydrogen) atoms. The van der Waals surface area contributed by atoms with Gasteiger partial charge in [-0.05, 0) is 80.6 Å². The van der Waals surface area contributed by atoms with E-state index in [1.54, 1.807) is 6.07 Å². The number of alkyl halides is 3. The van der Waals surface area contributed by atoms with Gasteiger partial charge in [-0.3, -0.25) is 0 Å². The zero-order chi connectivity index (χ0) is 18.2. The molecule has 1 fully saturated rings. The van der Waals surface area contributed by atoms with Crippen LogP contribution in [-0.4, -0.2) is 41.8 Å². The molecule has 3 nitrogen and oxygen atoms in total. The van der Waals surface area contributed by atoms with Gasteiger partial charge in [0.1, 0.15) is 6.54 Å². The van der Waals surface area contributed by atoms with E-state index in [-0.39, 0.29) is 0 Å². The number of hydrogen-bond acceptors (Lipinski definition) is 2. The Morgan fingerprint density at radius 1 is 1.20 bits per heavy atom. The minimum atomic E-state index is -4.22. The molecule has 0 amide bonds. The lowest BCUT2D eigenvalue weighted by atomic mass is 9.90. The molecule has 1 aliphatic rings. The second-order valence-corrected chi connectivity index (χ2v) is 8.13. The Bertz CT molecular complexity index is 731. The van der Waals surface area contributed by atoms with Gasteiger partial charge in [0.2, 0.25) is 0 Å². The molecular formula is C18H23F3IN3. The molecule has 0 spiro atoms. The summed E-state index contributed by atoms with van der Waals surface area (Å²) in [4.78, 5) is 2.27. The summed E-state index contributed by atoms with van der Waals surface area (Å²) >= 11 is 1.98.